The molecule has 3 rings (SSSR count). The molecule has 1 aliphatic heterocycles. The molecule has 25 heavy (non-hydrogen) atoms. The lowest BCUT2D eigenvalue weighted by Gasteiger charge is -2.38. The van der Waals surface area contributed by atoms with E-state index in [1.807, 2.05) is 42.5 Å². The summed E-state index contributed by atoms with van der Waals surface area (Å²) in [7, 11) is 0. The van der Waals surface area contributed by atoms with Crippen LogP contribution in [0.1, 0.15) is 26.0 Å². The van der Waals surface area contributed by atoms with E-state index in [-0.39, 0.29) is 18.2 Å². The predicted octanol–water partition coefficient (Wildman–Crippen LogP) is 2.29. The van der Waals surface area contributed by atoms with E-state index in [9.17, 15) is 9.59 Å². The molecule has 6 heteroatoms. The molecule has 1 aliphatic rings. The first-order valence-corrected chi connectivity index (χ1v) is 8.24. The van der Waals surface area contributed by atoms with E-state index >= 15 is 0 Å². The number of fused-ring (bicyclic) bond motifs is 1. The molecule has 0 saturated carbocycles. The van der Waals surface area contributed by atoms with Crippen molar-refractivity contribution in [3.8, 4) is 5.75 Å². The third-order valence-corrected chi connectivity index (χ3v) is 4.04. The van der Waals surface area contributed by atoms with Crippen molar-refractivity contribution < 1.29 is 14.3 Å². The van der Waals surface area contributed by atoms with Crippen LogP contribution in [0, 0.1) is 0 Å². The molecule has 0 spiro atoms. The molecule has 2 amide bonds. The lowest BCUT2D eigenvalue weighted by atomic mass is 10.0. The van der Waals surface area contributed by atoms with Crippen LogP contribution in [0.15, 0.2) is 48.7 Å². The third-order valence-electron chi connectivity index (χ3n) is 4.04. The number of ether oxygens (including phenoxy) is 1. The van der Waals surface area contributed by atoms with Crippen LogP contribution in [0.3, 0.4) is 0 Å². The van der Waals surface area contributed by atoms with Crippen molar-refractivity contribution in [3.63, 3.8) is 0 Å². The van der Waals surface area contributed by atoms with Gasteiger partial charge in [0.2, 0.25) is 5.91 Å². The van der Waals surface area contributed by atoms with Gasteiger partial charge in [0.15, 0.2) is 5.60 Å². The maximum atomic E-state index is 12.7. The Kier molecular flexibility index (Phi) is 4.70. The first kappa shape index (κ1) is 17.0. The van der Waals surface area contributed by atoms with Crippen LogP contribution < -0.4 is 15.0 Å². The number of aromatic nitrogens is 1. The monoisotopic (exact) mass is 339 g/mol. The highest BCUT2D eigenvalue weighted by atomic mass is 16.5. The molecular weight excluding hydrogens is 318 g/mol. The quantitative estimate of drug-likeness (QED) is 0.907. The van der Waals surface area contributed by atoms with Crippen LogP contribution >= 0.6 is 0 Å². The molecule has 2 aromatic rings. The Hall–Kier alpha value is -2.89. The number of benzene rings is 1. The molecule has 0 fully saturated rings. The Balaban J connectivity index is 1.63. The molecule has 0 unspecified atom stereocenters. The summed E-state index contributed by atoms with van der Waals surface area (Å²) in [6, 6.07) is 12.9. The second kappa shape index (κ2) is 6.93. The highest BCUT2D eigenvalue weighted by Crippen LogP contribution is 2.37. The van der Waals surface area contributed by atoms with E-state index in [0.29, 0.717) is 24.5 Å². The fourth-order valence-corrected chi connectivity index (χ4v) is 2.73. The number of pyridine rings is 1. The van der Waals surface area contributed by atoms with E-state index in [2.05, 4.69) is 10.3 Å². The molecule has 130 valence electrons. The van der Waals surface area contributed by atoms with Gasteiger partial charge >= 0.3 is 0 Å². The summed E-state index contributed by atoms with van der Waals surface area (Å²) in [6.45, 7) is 4.15. The van der Waals surface area contributed by atoms with Crippen molar-refractivity contribution in [2.75, 3.05) is 11.4 Å². The summed E-state index contributed by atoms with van der Waals surface area (Å²) >= 11 is 0. The number of anilines is 1. The average Bonchev–Trinajstić information content (AvgIpc) is 2.61. The number of rotatable bonds is 5. The van der Waals surface area contributed by atoms with E-state index in [0.717, 1.165) is 5.69 Å². The summed E-state index contributed by atoms with van der Waals surface area (Å²) in [5.41, 5.74) is 0.549. The van der Waals surface area contributed by atoms with Crippen LogP contribution in [0.2, 0.25) is 0 Å². The first-order chi connectivity index (χ1) is 12.0. The standard InChI is InChI=1S/C19H21N3O3/c1-19(2)18(24)22(15-8-3-4-9-16(15)25-19)12-10-17(23)21-13-14-7-5-6-11-20-14/h3-9,11H,10,12-13H2,1-2H3,(H,21,23). The number of carbonyl (C=O) groups excluding carboxylic acids is 2. The minimum Gasteiger partial charge on any atom is -0.476 e. The number of hydrogen-bond acceptors (Lipinski definition) is 4. The number of para-hydroxylation sites is 2. The Bertz CT molecular complexity index is 774. The van der Waals surface area contributed by atoms with Gasteiger partial charge in [-0.15, -0.1) is 0 Å². The van der Waals surface area contributed by atoms with Gasteiger partial charge in [-0.25, -0.2) is 0 Å². The van der Waals surface area contributed by atoms with E-state index in [1.165, 1.54) is 0 Å². The number of carbonyl (C=O) groups is 2. The summed E-state index contributed by atoms with van der Waals surface area (Å²) in [5, 5.41) is 2.83. The van der Waals surface area contributed by atoms with Crippen LogP contribution in [0.4, 0.5) is 5.69 Å². The topological polar surface area (TPSA) is 71.5 Å². The summed E-state index contributed by atoms with van der Waals surface area (Å²) in [6.07, 6.45) is 1.90. The highest BCUT2D eigenvalue weighted by Gasteiger charge is 2.40. The van der Waals surface area contributed by atoms with Crippen LogP contribution in [0.25, 0.3) is 0 Å². The van der Waals surface area contributed by atoms with Gasteiger partial charge in [0.25, 0.3) is 5.91 Å². The zero-order valence-electron chi connectivity index (χ0n) is 14.4. The van der Waals surface area contributed by atoms with Gasteiger partial charge in [0.05, 0.1) is 17.9 Å². The minimum atomic E-state index is -0.946. The van der Waals surface area contributed by atoms with Gasteiger partial charge in [0, 0.05) is 19.2 Å². The Morgan fingerprint density at radius 3 is 2.72 bits per heavy atom. The maximum absolute atomic E-state index is 12.7. The SMILES string of the molecule is CC1(C)Oc2ccccc2N(CCC(=O)NCc2ccccn2)C1=O. The zero-order valence-corrected chi connectivity index (χ0v) is 14.4. The normalized spacial score (nSPS) is 15.3. The molecule has 0 saturated heterocycles. The smallest absolute Gasteiger partial charge is 0.270 e. The molecule has 0 aliphatic carbocycles. The molecule has 1 N–H and O–H groups in total. The first-order valence-electron chi connectivity index (χ1n) is 8.24. The van der Waals surface area contributed by atoms with Crippen molar-refractivity contribution >= 4 is 17.5 Å². The molecule has 2 heterocycles. The van der Waals surface area contributed by atoms with Crippen molar-refractivity contribution in [1.29, 1.82) is 0 Å². The van der Waals surface area contributed by atoms with Crippen molar-refractivity contribution in [3.05, 3.63) is 54.4 Å². The van der Waals surface area contributed by atoms with Gasteiger partial charge < -0.3 is 15.0 Å². The van der Waals surface area contributed by atoms with Gasteiger partial charge in [-0.05, 0) is 38.1 Å². The molecule has 0 bridgehead atoms. The summed E-state index contributed by atoms with van der Waals surface area (Å²) in [4.78, 5) is 30.6. The van der Waals surface area contributed by atoms with E-state index < -0.39 is 5.60 Å². The predicted molar refractivity (Wildman–Crippen MR) is 94.2 cm³/mol. The molecule has 1 aromatic carbocycles. The van der Waals surface area contributed by atoms with Gasteiger partial charge in [0.1, 0.15) is 5.75 Å². The molecule has 6 nitrogen and oxygen atoms in total. The third kappa shape index (κ3) is 3.79. The van der Waals surface area contributed by atoms with E-state index in [4.69, 9.17) is 4.74 Å². The molecule has 0 radical (unpaired) electrons. The van der Waals surface area contributed by atoms with Gasteiger partial charge in [-0.2, -0.15) is 0 Å². The Labute approximate surface area is 146 Å². The van der Waals surface area contributed by atoms with Gasteiger partial charge in [-0.1, -0.05) is 18.2 Å². The average molecular weight is 339 g/mol. The number of hydrogen-bond donors (Lipinski definition) is 1. The summed E-state index contributed by atoms with van der Waals surface area (Å²) in [5.74, 6) is 0.380. The van der Waals surface area contributed by atoms with Crippen LogP contribution in [-0.4, -0.2) is 28.9 Å². The molecule has 0 atom stereocenters. The Morgan fingerprint density at radius 2 is 1.96 bits per heavy atom. The number of amides is 2. The van der Waals surface area contributed by atoms with Crippen molar-refractivity contribution in [2.24, 2.45) is 0 Å². The summed E-state index contributed by atoms with van der Waals surface area (Å²) < 4.78 is 5.77. The maximum Gasteiger partial charge on any atom is 0.270 e. The fourth-order valence-electron chi connectivity index (χ4n) is 2.73. The van der Waals surface area contributed by atoms with E-state index in [1.54, 1.807) is 24.9 Å². The largest absolute Gasteiger partial charge is 0.476 e. The van der Waals surface area contributed by atoms with Crippen molar-refractivity contribution in [1.82, 2.24) is 10.3 Å². The lowest BCUT2D eigenvalue weighted by molar-refractivity contribution is -0.132. The molecule has 1 aromatic heterocycles. The molecular formula is C19H21N3O3. The van der Waals surface area contributed by atoms with Crippen molar-refractivity contribution in [2.45, 2.75) is 32.4 Å². The van der Waals surface area contributed by atoms with Crippen LogP contribution in [0.5, 0.6) is 5.75 Å². The minimum absolute atomic E-state index is 0.125. The second-order valence-corrected chi connectivity index (χ2v) is 6.38. The Morgan fingerprint density at radius 1 is 1.20 bits per heavy atom. The lowest BCUT2D eigenvalue weighted by Crippen LogP contribution is -2.53. The fraction of sp³-hybridized carbons (Fsp3) is 0.316. The number of nitrogens with one attached hydrogen (secondary N) is 1. The number of nitrogens with zero attached hydrogens (tertiary/aromatic N) is 2. The second-order valence-electron chi connectivity index (χ2n) is 6.38. The van der Waals surface area contributed by atoms with Gasteiger partial charge in [-0.3, -0.25) is 14.6 Å². The van der Waals surface area contributed by atoms with Crippen LogP contribution in [-0.2, 0) is 16.1 Å². The zero-order chi connectivity index (χ0) is 17.9. The highest BCUT2D eigenvalue weighted by molar-refractivity contribution is 6.02.